The zero-order chi connectivity index (χ0) is 21.3. The number of nitrogen functional groups attached to an aromatic ring is 1. The van der Waals surface area contributed by atoms with Crippen LogP contribution in [0.4, 0.5) is 16.6 Å². The number of nitrogens with one attached hydrogen (secondary N) is 1. The molecule has 0 unspecified atom stereocenters. The molecule has 3 N–H and O–H groups in total. The van der Waals surface area contributed by atoms with Gasteiger partial charge in [0, 0.05) is 38.6 Å². The van der Waals surface area contributed by atoms with Gasteiger partial charge in [0.25, 0.3) is 0 Å². The third-order valence-electron chi connectivity index (χ3n) is 4.56. The number of urea groups is 1. The van der Waals surface area contributed by atoms with Crippen molar-refractivity contribution in [1.29, 1.82) is 0 Å². The van der Waals surface area contributed by atoms with E-state index in [2.05, 4.69) is 25.2 Å². The van der Waals surface area contributed by atoms with Crippen molar-refractivity contribution in [3.63, 3.8) is 0 Å². The second-order valence-electron chi connectivity index (χ2n) is 6.60. The van der Waals surface area contributed by atoms with E-state index >= 15 is 0 Å². The number of nitrogens with zero attached hydrogens (tertiary/aromatic N) is 5. The molecular formula is C20H27N7O2S. The van der Waals surface area contributed by atoms with E-state index in [0.717, 1.165) is 17.3 Å². The normalized spacial score (nSPS) is 14.5. The number of allylic oxidation sites excluding steroid dienone is 1. The highest BCUT2D eigenvalue weighted by Gasteiger charge is 2.24. The van der Waals surface area contributed by atoms with Crippen LogP contribution in [0.2, 0.25) is 0 Å². The molecule has 3 heterocycles. The summed E-state index contributed by atoms with van der Waals surface area (Å²) < 4.78 is 5.95. The first kappa shape index (κ1) is 21.7. The van der Waals surface area contributed by atoms with Gasteiger partial charge in [-0.25, -0.2) is 19.7 Å². The quantitative estimate of drug-likeness (QED) is 0.691. The molecule has 0 spiro atoms. The van der Waals surface area contributed by atoms with Crippen LogP contribution in [-0.2, 0) is 6.61 Å². The Morgan fingerprint density at radius 3 is 2.77 bits per heavy atom. The summed E-state index contributed by atoms with van der Waals surface area (Å²) in [6, 6.07) is 5.41. The van der Waals surface area contributed by atoms with E-state index in [1.165, 1.54) is 11.8 Å². The van der Waals surface area contributed by atoms with E-state index < -0.39 is 0 Å². The van der Waals surface area contributed by atoms with E-state index in [0.29, 0.717) is 37.6 Å². The topological polar surface area (TPSA) is 110 Å². The number of amides is 2. The first-order valence-electron chi connectivity index (χ1n) is 9.81. The van der Waals surface area contributed by atoms with Gasteiger partial charge in [-0.2, -0.15) is 0 Å². The Kier molecular flexibility index (Phi) is 7.72. The maximum Gasteiger partial charge on any atom is 0.322 e. The Hall–Kier alpha value is -3.01. The second-order valence-corrected chi connectivity index (χ2v) is 7.45. The van der Waals surface area contributed by atoms with Gasteiger partial charge in [0.05, 0.1) is 10.7 Å². The van der Waals surface area contributed by atoms with Gasteiger partial charge in [-0.05, 0) is 30.9 Å². The maximum atomic E-state index is 12.5. The second kappa shape index (κ2) is 10.7. The molecule has 0 saturated carbocycles. The van der Waals surface area contributed by atoms with Crippen LogP contribution in [-0.4, -0.2) is 58.3 Å². The zero-order valence-corrected chi connectivity index (χ0v) is 18.1. The smallest absolute Gasteiger partial charge is 0.322 e. The standard InChI is InChI=1S/C20H27N7O2S/c1-3-5-17(30-2)25-20(28)27-12-10-26(11-13-27)18-16(6-4-8-22-18)29-14-15-7-9-23-19(21)24-15/h4-9H,3,10-14H2,1-2H3,(H,25,28)(H2,21,23,24)/b17-5+. The molecule has 2 amide bonds. The molecule has 1 aliphatic rings. The lowest BCUT2D eigenvalue weighted by Gasteiger charge is -2.36. The minimum Gasteiger partial charge on any atom is -0.483 e. The molecule has 1 aliphatic heterocycles. The Labute approximate surface area is 180 Å². The summed E-state index contributed by atoms with van der Waals surface area (Å²) in [5.41, 5.74) is 6.32. The number of anilines is 2. The minimum absolute atomic E-state index is 0.0671. The molecule has 0 atom stereocenters. The molecule has 30 heavy (non-hydrogen) atoms. The lowest BCUT2D eigenvalue weighted by Crippen LogP contribution is -2.51. The number of carbonyl (C=O) groups excluding carboxylic acids is 1. The van der Waals surface area contributed by atoms with Gasteiger partial charge in [0.15, 0.2) is 11.6 Å². The molecule has 2 aromatic rings. The predicted octanol–water partition coefficient (Wildman–Crippen LogP) is 2.48. The number of rotatable bonds is 7. The molecule has 0 bridgehead atoms. The summed E-state index contributed by atoms with van der Waals surface area (Å²) in [5, 5.41) is 3.86. The number of piperazine rings is 1. The number of thioether (sulfide) groups is 1. The summed E-state index contributed by atoms with van der Waals surface area (Å²) >= 11 is 1.54. The van der Waals surface area contributed by atoms with Crippen LogP contribution in [0.25, 0.3) is 0 Å². The van der Waals surface area contributed by atoms with Crippen LogP contribution >= 0.6 is 11.8 Å². The SMILES string of the molecule is CC/C=C(\NC(=O)N1CCN(c2ncccc2OCc2ccnc(N)n2)CC1)SC. The van der Waals surface area contributed by atoms with Crippen LogP contribution in [0.3, 0.4) is 0 Å². The number of carbonyl (C=O) groups is 1. The molecular weight excluding hydrogens is 402 g/mol. The van der Waals surface area contributed by atoms with Gasteiger partial charge in [0.2, 0.25) is 5.95 Å². The van der Waals surface area contributed by atoms with Gasteiger partial charge in [-0.15, -0.1) is 11.8 Å². The van der Waals surface area contributed by atoms with E-state index in [9.17, 15) is 4.79 Å². The number of nitrogens with two attached hydrogens (primary N) is 1. The van der Waals surface area contributed by atoms with Crippen LogP contribution in [0, 0.1) is 0 Å². The van der Waals surface area contributed by atoms with Gasteiger partial charge in [-0.3, -0.25) is 0 Å². The molecule has 3 rings (SSSR count). The Morgan fingerprint density at radius 1 is 1.27 bits per heavy atom. The summed E-state index contributed by atoms with van der Waals surface area (Å²) in [4.78, 5) is 29.0. The van der Waals surface area contributed by atoms with Crippen molar-refractivity contribution in [2.45, 2.75) is 20.0 Å². The number of pyridine rings is 1. The van der Waals surface area contributed by atoms with Crippen LogP contribution < -0.4 is 20.7 Å². The maximum absolute atomic E-state index is 12.5. The van der Waals surface area contributed by atoms with Gasteiger partial charge < -0.3 is 25.6 Å². The minimum atomic E-state index is -0.0671. The van der Waals surface area contributed by atoms with Gasteiger partial charge in [0.1, 0.15) is 6.61 Å². The Balaban J connectivity index is 1.59. The molecule has 1 saturated heterocycles. The number of ether oxygens (including phenoxy) is 1. The molecule has 0 aliphatic carbocycles. The number of hydrogen-bond donors (Lipinski definition) is 2. The largest absolute Gasteiger partial charge is 0.483 e. The molecule has 1 fully saturated rings. The first-order chi connectivity index (χ1) is 14.6. The highest BCUT2D eigenvalue weighted by molar-refractivity contribution is 8.02. The fourth-order valence-electron chi connectivity index (χ4n) is 3.05. The number of aromatic nitrogens is 3. The molecule has 160 valence electrons. The predicted molar refractivity (Wildman–Crippen MR) is 119 cm³/mol. The average Bonchev–Trinajstić information content (AvgIpc) is 2.77. The fraction of sp³-hybridized carbons (Fsp3) is 0.400. The van der Waals surface area contributed by atoms with Crippen molar-refractivity contribution in [2.24, 2.45) is 0 Å². The van der Waals surface area contributed by atoms with E-state index in [4.69, 9.17) is 10.5 Å². The molecule has 2 aromatic heterocycles. The summed E-state index contributed by atoms with van der Waals surface area (Å²) in [6.45, 7) is 4.89. The van der Waals surface area contributed by atoms with E-state index in [1.807, 2.05) is 36.3 Å². The molecule has 0 aromatic carbocycles. The third kappa shape index (κ3) is 5.76. The summed E-state index contributed by atoms with van der Waals surface area (Å²) in [6.07, 6.45) is 8.20. The number of hydrogen-bond acceptors (Lipinski definition) is 8. The Morgan fingerprint density at radius 2 is 2.07 bits per heavy atom. The lowest BCUT2D eigenvalue weighted by atomic mass is 10.3. The average molecular weight is 430 g/mol. The van der Waals surface area contributed by atoms with Crippen molar-refractivity contribution < 1.29 is 9.53 Å². The first-order valence-corrected chi connectivity index (χ1v) is 11.0. The van der Waals surface area contributed by atoms with Crippen LogP contribution in [0.15, 0.2) is 41.7 Å². The van der Waals surface area contributed by atoms with E-state index in [1.54, 1.807) is 18.5 Å². The lowest BCUT2D eigenvalue weighted by molar-refractivity contribution is 0.197. The van der Waals surface area contributed by atoms with Crippen molar-refractivity contribution in [1.82, 2.24) is 25.2 Å². The third-order valence-corrected chi connectivity index (χ3v) is 5.27. The Bertz CT molecular complexity index is 885. The van der Waals surface area contributed by atoms with Crippen LogP contribution in [0.1, 0.15) is 19.0 Å². The van der Waals surface area contributed by atoms with Crippen molar-refractivity contribution in [3.8, 4) is 5.75 Å². The van der Waals surface area contributed by atoms with E-state index in [-0.39, 0.29) is 18.6 Å². The van der Waals surface area contributed by atoms with Gasteiger partial charge >= 0.3 is 6.03 Å². The van der Waals surface area contributed by atoms with Crippen molar-refractivity contribution >= 4 is 29.6 Å². The highest BCUT2D eigenvalue weighted by Crippen LogP contribution is 2.27. The highest BCUT2D eigenvalue weighted by atomic mass is 32.2. The molecule has 10 heteroatoms. The summed E-state index contributed by atoms with van der Waals surface area (Å²) in [5.74, 6) is 1.65. The fourth-order valence-corrected chi connectivity index (χ4v) is 3.58. The van der Waals surface area contributed by atoms with Crippen LogP contribution in [0.5, 0.6) is 5.75 Å². The van der Waals surface area contributed by atoms with Crippen molar-refractivity contribution in [3.05, 3.63) is 47.4 Å². The monoisotopic (exact) mass is 429 g/mol. The zero-order valence-electron chi connectivity index (χ0n) is 17.2. The molecule has 9 nitrogen and oxygen atoms in total. The van der Waals surface area contributed by atoms with Gasteiger partial charge in [-0.1, -0.05) is 13.0 Å². The molecule has 0 radical (unpaired) electrons. The summed E-state index contributed by atoms with van der Waals surface area (Å²) in [7, 11) is 0. The van der Waals surface area contributed by atoms with Crippen molar-refractivity contribution in [2.75, 3.05) is 43.1 Å².